The van der Waals surface area contributed by atoms with Crippen LogP contribution in [0.2, 0.25) is 0 Å². The maximum atomic E-state index is 14.6. The number of nitrogens with zero attached hydrogens (tertiary/aromatic N) is 4. The molecule has 3 heterocycles. The Labute approximate surface area is 332 Å². The lowest BCUT2D eigenvalue weighted by Gasteiger charge is -2.31. The highest BCUT2D eigenvalue weighted by Gasteiger charge is 2.62. The zero-order chi connectivity index (χ0) is 42.2. The number of hydrogen-bond acceptors (Lipinski definition) is 11. The molecule has 18 nitrogen and oxygen atoms in total. The molecule has 1 saturated heterocycles. The maximum Gasteiger partial charge on any atom is 0.410 e. The lowest BCUT2D eigenvalue weighted by Crippen LogP contribution is -2.57. The zero-order valence-corrected chi connectivity index (χ0v) is 32.7. The van der Waals surface area contributed by atoms with Crippen LogP contribution in [-0.4, -0.2) is 111 Å². The summed E-state index contributed by atoms with van der Waals surface area (Å²) in [4.78, 5) is 80.5. The molecule has 0 unspecified atom stereocenters. The summed E-state index contributed by atoms with van der Waals surface area (Å²) in [5.74, 6) is -4.37. The van der Waals surface area contributed by atoms with Crippen molar-refractivity contribution in [3.05, 3.63) is 87.4 Å². The first-order valence-electron chi connectivity index (χ1n) is 18.5. The Balaban J connectivity index is 1.34. The number of carboxylic acids is 1. The van der Waals surface area contributed by atoms with E-state index in [1.807, 2.05) is 0 Å². The van der Waals surface area contributed by atoms with Crippen LogP contribution >= 0.6 is 0 Å². The van der Waals surface area contributed by atoms with E-state index in [1.165, 1.54) is 41.3 Å². The molecular weight excluding hydrogens is 784 g/mol. The van der Waals surface area contributed by atoms with Gasteiger partial charge in [-0.25, -0.2) is 27.2 Å². The molecule has 3 aliphatic heterocycles. The van der Waals surface area contributed by atoms with Gasteiger partial charge in [-0.3, -0.25) is 24.6 Å². The number of nitro benzene ring substituents is 1. The van der Waals surface area contributed by atoms with Crippen LogP contribution < -0.4 is 10.6 Å². The lowest BCUT2D eigenvalue weighted by molar-refractivity contribution is -0.387. The van der Waals surface area contributed by atoms with E-state index in [0.29, 0.717) is 11.1 Å². The largest absolute Gasteiger partial charge is 0.479 e. The van der Waals surface area contributed by atoms with E-state index in [2.05, 4.69) is 16.4 Å². The number of alkyl carbamates (subject to hydrolysis) is 1. The first kappa shape index (κ1) is 41.8. The third kappa shape index (κ3) is 8.83. The summed E-state index contributed by atoms with van der Waals surface area (Å²) in [6.07, 6.45) is -0.890. The van der Waals surface area contributed by atoms with E-state index < -0.39 is 116 Å². The minimum absolute atomic E-state index is 0.00358. The van der Waals surface area contributed by atoms with Crippen LogP contribution in [-0.2, 0) is 47.0 Å². The predicted octanol–water partition coefficient (Wildman–Crippen LogP) is 3.20. The molecule has 5 atom stereocenters. The number of hydrogen-bond donors (Lipinski definition) is 3. The fraction of sp³-hybridized carbons (Fsp3) is 0.474. The van der Waals surface area contributed by atoms with Gasteiger partial charge in [0.05, 0.1) is 18.0 Å². The molecule has 2 fully saturated rings. The topological polar surface area (TPSA) is 235 Å². The highest BCUT2D eigenvalue weighted by atomic mass is 32.2. The van der Waals surface area contributed by atoms with Crippen LogP contribution in [0.3, 0.4) is 0 Å². The van der Waals surface area contributed by atoms with Gasteiger partial charge in [0.2, 0.25) is 21.8 Å². The molecule has 0 aromatic heterocycles. The quantitative estimate of drug-likeness (QED) is 0.216. The van der Waals surface area contributed by atoms with Crippen LogP contribution in [0, 0.1) is 21.8 Å². The van der Waals surface area contributed by atoms with Gasteiger partial charge in [-0.1, -0.05) is 24.3 Å². The number of sulfonamides is 1. The van der Waals surface area contributed by atoms with Gasteiger partial charge >= 0.3 is 18.2 Å². The third-order valence-electron chi connectivity index (χ3n) is 10.3. The van der Waals surface area contributed by atoms with E-state index in [-0.39, 0.29) is 38.9 Å². The molecule has 4 amide bonds. The Bertz CT molecular complexity index is 2210. The number of amides is 4. The molecule has 310 valence electrons. The summed E-state index contributed by atoms with van der Waals surface area (Å²) in [6.45, 7) is 3.57. The molecule has 58 heavy (non-hydrogen) atoms. The molecule has 3 N–H and O–H groups in total. The molecule has 4 aliphatic rings. The Morgan fingerprint density at radius 3 is 2.53 bits per heavy atom. The van der Waals surface area contributed by atoms with Crippen molar-refractivity contribution in [1.82, 2.24) is 24.7 Å². The Morgan fingerprint density at radius 1 is 1.10 bits per heavy atom. The number of carbonyl (C=O) groups excluding carboxylic acids is 4. The highest BCUT2D eigenvalue weighted by molar-refractivity contribution is 7.89. The van der Waals surface area contributed by atoms with Crippen LogP contribution in [0.15, 0.2) is 65.2 Å². The number of carbonyl (C=O) groups is 5. The van der Waals surface area contributed by atoms with E-state index in [4.69, 9.17) is 9.47 Å². The second-order valence-electron chi connectivity index (χ2n) is 15.5. The van der Waals surface area contributed by atoms with Gasteiger partial charge in [-0.05, 0) is 69.9 Å². The minimum atomic E-state index is -4.62. The number of halogens is 1. The maximum absolute atomic E-state index is 14.6. The van der Waals surface area contributed by atoms with Crippen molar-refractivity contribution in [2.75, 3.05) is 19.6 Å². The highest BCUT2D eigenvalue weighted by Crippen LogP contribution is 2.45. The van der Waals surface area contributed by atoms with Gasteiger partial charge in [0, 0.05) is 43.6 Å². The molecular formula is C38H43FN6O12S. The standard InChI is InChI=1S/C38H43FN6O12S/c1-37(2,3)57-35(50)40-28-15-17-43(58(54,55)31-14-7-6-13-29(31)45(52)53)16-8-4-5-11-24-19-38(24,34(48)49)41-32(46)30-18-25(21-44(30)33(28)47)56-36(51)42-20-23-10-9-12-27(39)26(23)22-42/h4,6-7,9-14,24-25,28,30H,8,15-22H2,1-3H3,(H,40,50)(H,41,46)(H,48,49)/t5?,24-,25-,28+,30+,38-/m1/s1. The van der Waals surface area contributed by atoms with Crippen LogP contribution in [0.4, 0.5) is 19.7 Å². The second-order valence-corrected chi connectivity index (χ2v) is 17.4. The SMILES string of the molecule is CC(C)(C)OC(=O)N[C@H]1CCN(S(=O)(=O)c2ccccc2[N+](=O)[O-])CCC=C=C[C@@H]2C[C@@]2(C(=O)O)NC(=O)[C@@H]2C[C@@H](OC(=O)N3Cc4cccc(F)c4C3)CN2C1=O. The molecule has 1 saturated carbocycles. The van der Waals surface area contributed by atoms with Gasteiger partial charge in [-0.2, -0.15) is 4.31 Å². The number of nitro groups is 1. The first-order valence-corrected chi connectivity index (χ1v) is 20.0. The van der Waals surface area contributed by atoms with Gasteiger partial charge in [0.1, 0.15) is 35.1 Å². The number of ether oxygens (including phenoxy) is 2. The average Bonchev–Trinajstić information content (AvgIpc) is 3.44. The van der Waals surface area contributed by atoms with Gasteiger partial charge in [0.15, 0.2) is 4.90 Å². The molecule has 0 bridgehead atoms. The molecule has 20 heteroatoms. The summed E-state index contributed by atoms with van der Waals surface area (Å²) in [5, 5.41) is 27.1. The number of fused-ring (bicyclic) bond motifs is 3. The number of nitrogens with one attached hydrogen (secondary N) is 2. The molecule has 0 radical (unpaired) electrons. The Hall–Kier alpha value is -5.85. The van der Waals surface area contributed by atoms with Crippen LogP contribution in [0.1, 0.15) is 57.6 Å². The smallest absolute Gasteiger partial charge is 0.410 e. The summed E-state index contributed by atoms with van der Waals surface area (Å²) in [5.41, 5.74) is 0.270. The summed E-state index contributed by atoms with van der Waals surface area (Å²) >= 11 is 0. The lowest BCUT2D eigenvalue weighted by atomic mass is 10.1. The van der Waals surface area contributed by atoms with Crippen molar-refractivity contribution in [2.45, 2.75) is 93.8 Å². The average molecular weight is 827 g/mol. The van der Waals surface area contributed by atoms with E-state index in [1.54, 1.807) is 26.8 Å². The van der Waals surface area contributed by atoms with Crippen LogP contribution in [0.25, 0.3) is 0 Å². The van der Waals surface area contributed by atoms with Crippen molar-refractivity contribution < 1.29 is 56.3 Å². The molecule has 0 spiro atoms. The van der Waals surface area contributed by atoms with Gasteiger partial charge in [0.25, 0.3) is 5.69 Å². The monoisotopic (exact) mass is 826 g/mol. The molecule has 2 aromatic carbocycles. The van der Waals surface area contributed by atoms with Crippen molar-refractivity contribution in [3.63, 3.8) is 0 Å². The zero-order valence-electron chi connectivity index (χ0n) is 31.9. The van der Waals surface area contributed by atoms with Crippen molar-refractivity contribution in [1.29, 1.82) is 0 Å². The van der Waals surface area contributed by atoms with Crippen molar-refractivity contribution in [3.8, 4) is 0 Å². The summed E-state index contributed by atoms with van der Waals surface area (Å²) < 4.78 is 54.7. The fourth-order valence-corrected chi connectivity index (χ4v) is 8.94. The van der Waals surface area contributed by atoms with E-state index in [0.717, 1.165) is 21.3 Å². The normalized spacial score (nSPS) is 25.2. The molecule has 2 aromatic rings. The first-order chi connectivity index (χ1) is 27.3. The van der Waals surface area contributed by atoms with E-state index in [9.17, 15) is 52.0 Å². The number of para-hydroxylation sites is 1. The fourth-order valence-electron chi connectivity index (χ4n) is 7.31. The Kier molecular flexibility index (Phi) is 11.7. The van der Waals surface area contributed by atoms with Gasteiger partial charge < -0.3 is 30.1 Å². The Morgan fingerprint density at radius 2 is 1.84 bits per heavy atom. The predicted molar refractivity (Wildman–Crippen MR) is 200 cm³/mol. The number of benzene rings is 2. The molecule has 6 rings (SSSR count). The number of aliphatic carboxylic acids is 1. The van der Waals surface area contributed by atoms with Crippen molar-refractivity contribution in [2.24, 2.45) is 5.92 Å². The van der Waals surface area contributed by atoms with Crippen molar-refractivity contribution >= 4 is 45.7 Å². The van der Waals surface area contributed by atoms with Crippen LogP contribution in [0.5, 0.6) is 0 Å². The number of carboxylic acid groups (broad SMARTS) is 1. The third-order valence-corrected chi connectivity index (χ3v) is 12.3. The summed E-state index contributed by atoms with van der Waals surface area (Å²) in [7, 11) is -4.62. The van der Waals surface area contributed by atoms with Gasteiger partial charge in [-0.15, -0.1) is 5.73 Å². The summed E-state index contributed by atoms with van der Waals surface area (Å²) in [6, 6.07) is 6.19. The number of rotatable bonds is 6. The molecule has 1 aliphatic carbocycles. The minimum Gasteiger partial charge on any atom is -0.479 e. The second kappa shape index (κ2) is 16.2. The van der Waals surface area contributed by atoms with E-state index >= 15 is 0 Å².